The number of anilines is 1. The quantitative estimate of drug-likeness (QED) is 0.332. The van der Waals surface area contributed by atoms with Gasteiger partial charge >= 0.3 is 0 Å². The molecule has 0 spiro atoms. The Morgan fingerprint density at radius 1 is 0.973 bits per heavy atom. The van der Waals surface area contributed by atoms with Crippen LogP contribution >= 0.6 is 0 Å². The zero-order valence-corrected chi connectivity index (χ0v) is 21.6. The Balaban J connectivity index is 1.45. The van der Waals surface area contributed by atoms with Crippen LogP contribution in [0.4, 0.5) is 5.82 Å². The topological polar surface area (TPSA) is 95.6 Å². The van der Waals surface area contributed by atoms with Crippen LogP contribution < -0.4 is 10.6 Å². The molecule has 0 radical (unpaired) electrons. The van der Waals surface area contributed by atoms with E-state index in [4.69, 9.17) is 5.26 Å². The normalized spacial score (nSPS) is 12.9. The second kappa shape index (κ2) is 11.2. The Morgan fingerprint density at radius 3 is 2.30 bits per heavy atom. The average molecular weight is 493 g/mol. The van der Waals surface area contributed by atoms with Gasteiger partial charge in [0.05, 0.1) is 23.4 Å². The maximum Gasteiger partial charge on any atom is 0.247 e. The minimum absolute atomic E-state index is 0.101. The molecule has 4 rings (SSSR count). The maximum atomic E-state index is 13.4. The second-order valence-electron chi connectivity index (χ2n) is 10.2. The van der Waals surface area contributed by atoms with Crippen molar-refractivity contribution < 1.29 is 4.79 Å². The van der Waals surface area contributed by atoms with E-state index in [0.717, 1.165) is 22.3 Å². The summed E-state index contributed by atoms with van der Waals surface area (Å²) in [5, 5.41) is 19.9. The van der Waals surface area contributed by atoms with E-state index >= 15 is 0 Å². The number of amides is 1. The van der Waals surface area contributed by atoms with Crippen LogP contribution in [0.25, 0.3) is 11.1 Å². The van der Waals surface area contributed by atoms with Crippen molar-refractivity contribution in [1.82, 2.24) is 20.1 Å². The monoisotopic (exact) mass is 492 g/mol. The van der Waals surface area contributed by atoms with E-state index in [1.807, 2.05) is 83.8 Å². The predicted molar refractivity (Wildman–Crippen MR) is 146 cm³/mol. The standard InChI is InChI=1S/C30H32N6O/c1-21(23-12-10-22(16-31)11-13-23)17-33-28(24-8-6-5-7-9-24)29(37)35-27-15-14-25(18-32-27)26-19-34-36(20-26)30(2,3)4/h5-15,18-21,28,33H,17H2,1-4H3,(H,32,35,37)/t21-,28?/m0/s1. The van der Waals surface area contributed by atoms with Gasteiger partial charge in [0.1, 0.15) is 11.9 Å². The number of nitrogens with one attached hydrogen (secondary N) is 2. The highest BCUT2D eigenvalue weighted by Gasteiger charge is 2.22. The molecule has 0 aliphatic heterocycles. The molecule has 2 aromatic heterocycles. The number of carbonyl (C=O) groups excluding carboxylic acids is 1. The van der Waals surface area contributed by atoms with E-state index in [2.05, 4.69) is 54.5 Å². The molecule has 2 aromatic carbocycles. The van der Waals surface area contributed by atoms with Gasteiger partial charge in [-0.25, -0.2) is 4.98 Å². The maximum absolute atomic E-state index is 13.4. The lowest BCUT2D eigenvalue weighted by Gasteiger charge is -2.21. The molecular formula is C30H32N6O. The number of pyridine rings is 1. The van der Waals surface area contributed by atoms with Crippen molar-refractivity contribution in [3.8, 4) is 17.2 Å². The summed E-state index contributed by atoms with van der Waals surface area (Å²) >= 11 is 0. The van der Waals surface area contributed by atoms with Gasteiger partial charge in [-0.2, -0.15) is 10.4 Å². The molecular weight excluding hydrogens is 460 g/mol. The Bertz CT molecular complexity index is 1360. The van der Waals surface area contributed by atoms with Crippen LogP contribution in [0, 0.1) is 11.3 Å². The van der Waals surface area contributed by atoms with Gasteiger partial charge in [0, 0.05) is 30.1 Å². The molecule has 7 nitrogen and oxygen atoms in total. The van der Waals surface area contributed by atoms with E-state index in [9.17, 15) is 4.79 Å². The number of aromatic nitrogens is 3. The first-order chi connectivity index (χ1) is 17.7. The van der Waals surface area contributed by atoms with E-state index in [-0.39, 0.29) is 17.4 Å². The molecule has 0 saturated carbocycles. The number of nitriles is 1. The highest BCUT2D eigenvalue weighted by Crippen LogP contribution is 2.23. The fourth-order valence-corrected chi connectivity index (χ4v) is 3.98. The summed E-state index contributed by atoms with van der Waals surface area (Å²) in [7, 11) is 0. The third-order valence-corrected chi connectivity index (χ3v) is 6.25. The van der Waals surface area contributed by atoms with E-state index in [1.54, 1.807) is 6.20 Å². The Labute approximate surface area is 218 Å². The number of hydrogen-bond acceptors (Lipinski definition) is 5. The molecule has 1 unspecified atom stereocenters. The van der Waals surface area contributed by atoms with Crippen molar-refractivity contribution in [3.05, 3.63) is 102 Å². The van der Waals surface area contributed by atoms with Crippen LogP contribution in [0.1, 0.15) is 56.3 Å². The molecule has 0 aliphatic rings. The summed E-state index contributed by atoms with van der Waals surface area (Å²) in [6, 6.07) is 22.5. The van der Waals surface area contributed by atoms with Crippen molar-refractivity contribution in [1.29, 1.82) is 5.26 Å². The van der Waals surface area contributed by atoms with Gasteiger partial charge in [-0.05, 0) is 62.1 Å². The van der Waals surface area contributed by atoms with Crippen LogP contribution in [0.2, 0.25) is 0 Å². The summed E-state index contributed by atoms with van der Waals surface area (Å²) in [6.07, 6.45) is 5.57. The van der Waals surface area contributed by atoms with Gasteiger partial charge in [-0.1, -0.05) is 49.4 Å². The largest absolute Gasteiger partial charge is 0.309 e. The average Bonchev–Trinajstić information content (AvgIpc) is 3.41. The molecule has 1 amide bonds. The Morgan fingerprint density at radius 2 is 1.70 bits per heavy atom. The Kier molecular flexibility index (Phi) is 7.80. The SMILES string of the molecule is C[C@@H](CNC(C(=O)Nc1ccc(-c2cnn(C(C)(C)C)c2)cn1)c1ccccc1)c1ccc(C#N)cc1. The van der Waals surface area contributed by atoms with Crippen molar-refractivity contribution in [2.24, 2.45) is 0 Å². The summed E-state index contributed by atoms with van der Waals surface area (Å²) in [5.74, 6) is 0.456. The lowest BCUT2D eigenvalue weighted by molar-refractivity contribution is -0.118. The minimum Gasteiger partial charge on any atom is -0.309 e. The molecule has 188 valence electrons. The van der Waals surface area contributed by atoms with Gasteiger partial charge in [-0.15, -0.1) is 0 Å². The number of benzene rings is 2. The number of nitrogens with zero attached hydrogens (tertiary/aromatic N) is 4. The van der Waals surface area contributed by atoms with E-state index < -0.39 is 6.04 Å². The zero-order valence-electron chi connectivity index (χ0n) is 21.6. The lowest BCUT2D eigenvalue weighted by atomic mass is 9.98. The van der Waals surface area contributed by atoms with Gasteiger partial charge in [0.2, 0.25) is 5.91 Å². The molecule has 0 aliphatic carbocycles. The second-order valence-corrected chi connectivity index (χ2v) is 10.2. The molecule has 0 bridgehead atoms. The number of rotatable bonds is 8. The predicted octanol–water partition coefficient (Wildman–Crippen LogP) is 5.64. The fraction of sp³-hybridized carbons (Fsp3) is 0.267. The summed E-state index contributed by atoms with van der Waals surface area (Å²) in [6.45, 7) is 8.98. The molecule has 4 aromatic rings. The molecule has 2 heterocycles. The van der Waals surface area contributed by atoms with Gasteiger partial charge in [0.15, 0.2) is 0 Å². The molecule has 7 heteroatoms. The third kappa shape index (κ3) is 6.49. The first-order valence-electron chi connectivity index (χ1n) is 12.4. The number of carbonyl (C=O) groups is 1. The van der Waals surface area contributed by atoms with E-state index in [0.29, 0.717) is 17.9 Å². The summed E-state index contributed by atoms with van der Waals surface area (Å²) < 4.78 is 1.92. The van der Waals surface area contributed by atoms with Crippen molar-refractivity contribution in [2.45, 2.75) is 45.2 Å². The van der Waals surface area contributed by atoms with Crippen molar-refractivity contribution in [2.75, 3.05) is 11.9 Å². The van der Waals surface area contributed by atoms with Crippen molar-refractivity contribution >= 4 is 11.7 Å². The van der Waals surface area contributed by atoms with Gasteiger partial charge in [-0.3, -0.25) is 9.48 Å². The highest BCUT2D eigenvalue weighted by molar-refractivity contribution is 5.95. The van der Waals surface area contributed by atoms with Crippen molar-refractivity contribution in [3.63, 3.8) is 0 Å². The fourth-order valence-electron chi connectivity index (χ4n) is 3.98. The van der Waals surface area contributed by atoms with Crippen LogP contribution in [0.15, 0.2) is 85.3 Å². The first kappa shape index (κ1) is 25.8. The van der Waals surface area contributed by atoms with Crippen LogP contribution in [-0.4, -0.2) is 27.2 Å². The first-order valence-corrected chi connectivity index (χ1v) is 12.4. The molecule has 0 saturated heterocycles. The molecule has 2 atom stereocenters. The smallest absolute Gasteiger partial charge is 0.247 e. The molecule has 37 heavy (non-hydrogen) atoms. The van der Waals surface area contributed by atoms with Crippen LogP contribution in [0.3, 0.4) is 0 Å². The summed E-state index contributed by atoms with van der Waals surface area (Å²) in [5.41, 5.74) is 4.41. The van der Waals surface area contributed by atoms with Gasteiger partial charge in [0.25, 0.3) is 0 Å². The molecule has 0 fully saturated rings. The molecule has 2 N–H and O–H groups in total. The van der Waals surface area contributed by atoms with Crippen LogP contribution in [0.5, 0.6) is 0 Å². The Hall–Kier alpha value is -4.28. The highest BCUT2D eigenvalue weighted by atomic mass is 16.2. The zero-order chi connectivity index (χ0) is 26.4. The lowest BCUT2D eigenvalue weighted by Crippen LogP contribution is -2.35. The summed E-state index contributed by atoms with van der Waals surface area (Å²) in [4.78, 5) is 17.8. The van der Waals surface area contributed by atoms with Gasteiger partial charge < -0.3 is 10.6 Å². The third-order valence-electron chi connectivity index (χ3n) is 6.25. The van der Waals surface area contributed by atoms with E-state index in [1.165, 1.54) is 0 Å². The van der Waals surface area contributed by atoms with Crippen LogP contribution in [-0.2, 0) is 10.3 Å². The minimum atomic E-state index is -0.548. The number of hydrogen-bond donors (Lipinski definition) is 2.